The van der Waals surface area contributed by atoms with E-state index in [-0.39, 0.29) is 19.1 Å². The first-order chi connectivity index (χ1) is 16.4. The zero-order valence-electron chi connectivity index (χ0n) is 19.6. The molecule has 0 bridgehead atoms. The van der Waals surface area contributed by atoms with Crippen molar-refractivity contribution >= 4 is 18.0 Å². The highest BCUT2D eigenvalue weighted by Crippen LogP contribution is 2.44. The third kappa shape index (κ3) is 6.81. The number of aliphatic carboxylic acids is 1. The van der Waals surface area contributed by atoms with Crippen LogP contribution in [0.5, 0.6) is 0 Å². The summed E-state index contributed by atoms with van der Waals surface area (Å²) in [5.41, 5.74) is 4.33. The lowest BCUT2D eigenvalue weighted by molar-refractivity contribution is -0.139. The van der Waals surface area contributed by atoms with Gasteiger partial charge in [0.05, 0.1) is 13.0 Å². The van der Waals surface area contributed by atoms with Crippen LogP contribution in [0.2, 0.25) is 0 Å². The minimum atomic E-state index is -1.25. The highest BCUT2D eigenvalue weighted by atomic mass is 16.5. The third-order valence-electron chi connectivity index (χ3n) is 5.72. The number of carboxylic acids is 1. The second-order valence-electron chi connectivity index (χ2n) is 8.71. The zero-order valence-corrected chi connectivity index (χ0v) is 19.6. The summed E-state index contributed by atoms with van der Waals surface area (Å²) in [7, 11) is 0. The molecule has 0 fully saturated rings. The summed E-state index contributed by atoms with van der Waals surface area (Å²) >= 11 is 0. The predicted molar refractivity (Wildman–Crippen MR) is 128 cm³/mol. The van der Waals surface area contributed by atoms with Crippen LogP contribution >= 0.6 is 0 Å². The molecule has 2 amide bonds. The van der Waals surface area contributed by atoms with Crippen LogP contribution in [0.4, 0.5) is 4.79 Å². The standard InChI is InChI=1S/C26H32N2O6/c1-17(2)11-13-33-14-12-27-25(31)23(15-24(29)30)28-26(32)34-16-22-20-9-5-3-7-18(20)19-8-4-6-10-21(19)22/h3-10,17,22-23H,11-16H2,1-2H3,(H,27,31)(H,28,32)(H,29,30). The Morgan fingerprint density at radius 1 is 0.971 bits per heavy atom. The molecular formula is C26H32N2O6. The lowest BCUT2D eigenvalue weighted by atomic mass is 9.98. The fraction of sp³-hybridized carbons (Fsp3) is 0.423. The molecule has 0 radical (unpaired) electrons. The second kappa shape index (κ2) is 12.2. The van der Waals surface area contributed by atoms with Gasteiger partial charge in [0, 0.05) is 19.1 Å². The number of benzene rings is 2. The number of fused-ring (bicyclic) bond motifs is 3. The Hall–Kier alpha value is -3.39. The van der Waals surface area contributed by atoms with E-state index in [2.05, 4.69) is 24.5 Å². The number of alkyl carbamates (subject to hydrolysis) is 1. The molecule has 8 nitrogen and oxygen atoms in total. The minimum Gasteiger partial charge on any atom is -0.481 e. The molecule has 34 heavy (non-hydrogen) atoms. The number of carbonyl (C=O) groups excluding carboxylic acids is 2. The molecule has 3 rings (SSSR count). The molecule has 1 aliphatic rings. The van der Waals surface area contributed by atoms with Crippen LogP contribution in [0.3, 0.4) is 0 Å². The van der Waals surface area contributed by atoms with Crippen molar-refractivity contribution < 1.29 is 29.0 Å². The van der Waals surface area contributed by atoms with Crippen LogP contribution in [0.15, 0.2) is 48.5 Å². The van der Waals surface area contributed by atoms with Crippen LogP contribution < -0.4 is 10.6 Å². The maximum absolute atomic E-state index is 12.5. The van der Waals surface area contributed by atoms with Gasteiger partial charge in [-0.2, -0.15) is 0 Å². The van der Waals surface area contributed by atoms with Gasteiger partial charge in [0.1, 0.15) is 12.6 Å². The van der Waals surface area contributed by atoms with Crippen molar-refractivity contribution in [3.63, 3.8) is 0 Å². The predicted octanol–water partition coefficient (Wildman–Crippen LogP) is 3.55. The van der Waals surface area contributed by atoms with Crippen molar-refractivity contribution in [3.05, 3.63) is 59.7 Å². The van der Waals surface area contributed by atoms with Crippen LogP contribution in [-0.4, -0.2) is 55.5 Å². The average Bonchev–Trinajstić information content (AvgIpc) is 3.12. The van der Waals surface area contributed by atoms with Crippen LogP contribution in [0, 0.1) is 5.92 Å². The molecule has 1 unspecified atom stereocenters. The van der Waals surface area contributed by atoms with Crippen molar-refractivity contribution in [2.75, 3.05) is 26.4 Å². The molecule has 2 aromatic rings. The smallest absolute Gasteiger partial charge is 0.407 e. The quantitative estimate of drug-likeness (QED) is 0.411. The summed E-state index contributed by atoms with van der Waals surface area (Å²) in [6, 6.07) is 14.7. The van der Waals surface area contributed by atoms with Crippen LogP contribution in [0.1, 0.15) is 43.7 Å². The molecule has 0 spiro atoms. The lowest BCUT2D eigenvalue weighted by Gasteiger charge is -2.19. The largest absolute Gasteiger partial charge is 0.481 e. The van der Waals surface area contributed by atoms with E-state index in [0.717, 1.165) is 28.7 Å². The Morgan fingerprint density at radius 2 is 1.59 bits per heavy atom. The van der Waals surface area contributed by atoms with Crippen molar-refractivity contribution in [2.24, 2.45) is 5.92 Å². The van der Waals surface area contributed by atoms with Gasteiger partial charge in [-0.05, 0) is 34.6 Å². The highest BCUT2D eigenvalue weighted by molar-refractivity contribution is 5.89. The topological polar surface area (TPSA) is 114 Å². The number of hydrogen-bond donors (Lipinski definition) is 3. The average molecular weight is 469 g/mol. The van der Waals surface area contributed by atoms with E-state index in [1.165, 1.54) is 0 Å². The Bertz CT molecular complexity index is 961. The number of carboxylic acid groups (broad SMARTS) is 1. The van der Waals surface area contributed by atoms with Gasteiger partial charge in [-0.3, -0.25) is 9.59 Å². The molecule has 1 atom stereocenters. The number of carbonyl (C=O) groups is 3. The van der Waals surface area contributed by atoms with Gasteiger partial charge in [-0.15, -0.1) is 0 Å². The van der Waals surface area contributed by atoms with Crippen LogP contribution in [-0.2, 0) is 19.1 Å². The SMILES string of the molecule is CC(C)CCOCCNC(=O)C(CC(=O)O)NC(=O)OCC1c2ccccc2-c2ccccc21. The van der Waals surface area contributed by atoms with Gasteiger partial charge < -0.3 is 25.2 Å². The van der Waals surface area contributed by atoms with Gasteiger partial charge in [0.2, 0.25) is 5.91 Å². The summed E-state index contributed by atoms with van der Waals surface area (Å²) in [4.78, 5) is 36.1. The van der Waals surface area contributed by atoms with Crippen LogP contribution in [0.25, 0.3) is 11.1 Å². The first kappa shape index (κ1) is 25.2. The highest BCUT2D eigenvalue weighted by Gasteiger charge is 2.30. The van der Waals surface area contributed by atoms with E-state index >= 15 is 0 Å². The fourth-order valence-corrected chi connectivity index (χ4v) is 3.96. The Morgan fingerprint density at radius 3 is 2.18 bits per heavy atom. The van der Waals surface area contributed by atoms with Gasteiger partial charge in [0.25, 0.3) is 0 Å². The molecule has 0 saturated carbocycles. The van der Waals surface area contributed by atoms with Gasteiger partial charge in [0.15, 0.2) is 0 Å². The van der Waals surface area contributed by atoms with Crippen molar-refractivity contribution in [1.29, 1.82) is 0 Å². The summed E-state index contributed by atoms with van der Waals surface area (Å²) in [5.74, 6) is -1.40. The van der Waals surface area contributed by atoms with E-state index in [9.17, 15) is 14.4 Å². The summed E-state index contributed by atoms with van der Waals surface area (Å²) < 4.78 is 10.9. The minimum absolute atomic E-state index is 0.0744. The molecule has 0 heterocycles. The van der Waals surface area contributed by atoms with E-state index in [4.69, 9.17) is 14.6 Å². The molecule has 0 aromatic heterocycles. The lowest BCUT2D eigenvalue weighted by Crippen LogP contribution is -2.48. The third-order valence-corrected chi connectivity index (χ3v) is 5.72. The molecular weight excluding hydrogens is 436 g/mol. The van der Waals surface area contributed by atoms with Crippen molar-refractivity contribution in [1.82, 2.24) is 10.6 Å². The maximum atomic E-state index is 12.5. The van der Waals surface area contributed by atoms with Crippen molar-refractivity contribution in [3.8, 4) is 11.1 Å². The summed E-state index contributed by atoms with van der Waals surface area (Å²) in [6.45, 7) is 5.38. The Labute approximate surface area is 199 Å². The molecule has 2 aromatic carbocycles. The normalized spacial score (nSPS) is 13.1. The molecule has 0 saturated heterocycles. The fourth-order valence-electron chi connectivity index (χ4n) is 3.96. The van der Waals surface area contributed by atoms with Crippen molar-refractivity contribution in [2.45, 2.75) is 38.6 Å². The van der Waals surface area contributed by atoms with E-state index in [1.807, 2.05) is 48.5 Å². The summed E-state index contributed by atoms with van der Waals surface area (Å²) in [5, 5.41) is 14.2. The van der Waals surface area contributed by atoms with E-state index < -0.39 is 30.4 Å². The molecule has 8 heteroatoms. The monoisotopic (exact) mass is 468 g/mol. The molecule has 182 valence electrons. The van der Waals surface area contributed by atoms with Gasteiger partial charge in [-0.25, -0.2) is 4.79 Å². The zero-order chi connectivity index (χ0) is 24.5. The first-order valence-corrected chi connectivity index (χ1v) is 11.6. The van der Waals surface area contributed by atoms with Gasteiger partial charge in [-0.1, -0.05) is 62.4 Å². The molecule has 3 N–H and O–H groups in total. The second-order valence-corrected chi connectivity index (χ2v) is 8.71. The first-order valence-electron chi connectivity index (χ1n) is 11.6. The number of hydrogen-bond acceptors (Lipinski definition) is 5. The Kier molecular flexibility index (Phi) is 9.04. The van der Waals surface area contributed by atoms with Gasteiger partial charge >= 0.3 is 12.1 Å². The molecule has 0 aliphatic heterocycles. The van der Waals surface area contributed by atoms with E-state index in [1.54, 1.807) is 0 Å². The maximum Gasteiger partial charge on any atom is 0.407 e. The molecule has 1 aliphatic carbocycles. The number of nitrogens with one attached hydrogen (secondary N) is 2. The van der Waals surface area contributed by atoms with E-state index in [0.29, 0.717) is 19.1 Å². The summed E-state index contributed by atoms with van der Waals surface area (Å²) in [6.07, 6.45) is -0.472. The number of amides is 2. The Balaban J connectivity index is 1.53. The number of ether oxygens (including phenoxy) is 2. The number of rotatable bonds is 12.